The molecule has 0 bridgehead atoms. The van der Waals surface area contributed by atoms with E-state index in [-0.39, 0.29) is 5.56 Å². The monoisotopic (exact) mass is 333 g/mol. The second-order valence-electron chi connectivity index (χ2n) is 5.04. The van der Waals surface area contributed by atoms with Gasteiger partial charge in [-0.15, -0.1) is 0 Å². The summed E-state index contributed by atoms with van der Waals surface area (Å²) in [5.74, 6) is -0.702. The lowest BCUT2D eigenvalue weighted by molar-refractivity contribution is 0.376. The smallest absolute Gasteiger partial charge is 0.132 e. The van der Waals surface area contributed by atoms with Gasteiger partial charge in [0.25, 0.3) is 0 Å². The molecule has 4 heteroatoms. The largest absolute Gasteiger partial charge is 0.324 e. The Bertz CT molecular complexity index is 386. The molecule has 1 aromatic rings. The summed E-state index contributed by atoms with van der Waals surface area (Å²) >= 11 is 3.07. The van der Waals surface area contributed by atoms with Crippen molar-refractivity contribution in [1.29, 1.82) is 0 Å². The lowest BCUT2D eigenvalue weighted by Crippen LogP contribution is -2.18. The van der Waals surface area contributed by atoms with Crippen LogP contribution in [-0.2, 0) is 0 Å². The van der Waals surface area contributed by atoms with Gasteiger partial charge in [0.1, 0.15) is 11.6 Å². The van der Waals surface area contributed by atoms with Crippen LogP contribution in [0, 0.1) is 17.6 Å². The number of hydrogen-bond acceptors (Lipinski definition) is 1. The molecule has 2 unspecified atom stereocenters. The molecule has 1 aromatic carbocycles. The highest BCUT2D eigenvalue weighted by Gasteiger charge is 2.20. The lowest BCUT2D eigenvalue weighted by atomic mass is 9.89. The minimum Gasteiger partial charge on any atom is -0.324 e. The molecular weight excluding hydrogens is 312 g/mol. The molecule has 0 fully saturated rings. The van der Waals surface area contributed by atoms with Crippen LogP contribution in [0.5, 0.6) is 0 Å². The molecule has 0 heterocycles. The molecule has 2 atom stereocenters. The second kappa shape index (κ2) is 7.95. The van der Waals surface area contributed by atoms with Crippen molar-refractivity contribution >= 4 is 15.9 Å². The van der Waals surface area contributed by atoms with Crippen molar-refractivity contribution in [2.75, 3.05) is 0 Å². The van der Waals surface area contributed by atoms with Crippen molar-refractivity contribution in [3.05, 3.63) is 33.8 Å². The van der Waals surface area contributed by atoms with Gasteiger partial charge in [-0.25, -0.2) is 8.78 Å². The van der Waals surface area contributed by atoms with Crippen molar-refractivity contribution < 1.29 is 8.78 Å². The van der Waals surface area contributed by atoms with Crippen LogP contribution in [0.3, 0.4) is 0 Å². The van der Waals surface area contributed by atoms with Gasteiger partial charge in [0.2, 0.25) is 0 Å². The maximum absolute atomic E-state index is 13.8. The van der Waals surface area contributed by atoms with E-state index in [4.69, 9.17) is 5.73 Å². The third-order valence-corrected chi connectivity index (χ3v) is 4.00. The van der Waals surface area contributed by atoms with Gasteiger partial charge in [-0.1, -0.05) is 55.5 Å². The Kier molecular flexibility index (Phi) is 6.94. The number of unbranched alkanes of at least 4 members (excludes halogenated alkanes) is 1. The fourth-order valence-corrected chi connectivity index (χ4v) is 2.77. The van der Waals surface area contributed by atoms with E-state index in [1.807, 2.05) is 0 Å². The molecule has 0 aliphatic carbocycles. The SMILES string of the molecule is CCCCC(CC)CC(N)c1c(F)cc(Br)cc1F. The van der Waals surface area contributed by atoms with Crippen LogP contribution in [0.4, 0.5) is 8.78 Å². The zero-order chi connectivity index (χ0) is 14.4. The van der Waals surface area contributed by atoms with Crippen molar-refractivity contribution in [1.82, 2.24) is 0 Å². The summed E-state index contributed by atoms with van der Waals surface area (Å²) in [6.45, 7) is 4.24. The maximum atomic E-state index is 13.8. The average molecular weight is 334 g/mol. The summed E-state index contributed by atoms with van der Waals surface area (Å²) in [7, 11) is 0. The Morgan fingerprint density at radius 2 is 1.79 bits per heavy atom. The molecule has 0 aliphatic rings. The normalized spacial score (nSPS) is 14.4. The Hall–Kier alpha value is -0.480. The van der Waals surface area contributed by atoms with E-state index in [1.165, 1.54) is 12.1 Å². The van der Waals surface area contributed by atoms with Crippen LogP contribution in [-0.4, -0.2) is 0 Å². The summed E-state index contributed by atoms with van der Waals surface area (Å²) in [4.78, 5) is 0. The van der Waals surface area contributed by atoms with Gasteiger partial charge in [-0.2, -0.15) is 0 Å². The molecule has 108 valence electrons. The summed E-state index contributed by atoms with van der Waals surface area (Å²) in [5.41, 5.74) is 6.01. The van der Waals surface area contributed by atoms with Crippen LogP contribution in [0.1, 0.15) is 57.6 Å². The molecule has 1 rings (SSSR count). The number of benzene rings is 1. The summed E-state index contributed by atoms with van der Waals surface area (Å²) in [6, 6.07) is 1.96. The van der Waals surface area contributed by atoms with E-state index in [9.17, 15) is 8.78 Å². The van der Waals surface area contributed by atoms with E-state index < -0.39 is 17.7 Å². The van der Waals surface area contributed by atoms with Crippen molar-refractivity contribution in [2.24, 2.45) is 11.7 Å². The predicted molar refractivity (Wildman–Crippen MR) is 78.9 cm³/mol. The van der Waals surface area contributed by atoms with Crippen LogP contribution in [0.15, 0.2) is 16.6 Å². The molecular formula is C15H22BrF2N. The Morgan fingerprint density at radius 1 is 1.21 bits per heavy atom. The first-order valence-electron chi connectivity index (χ1n) is 6.89. The molecule has 0 saturated heterocycles. The molecule has 1 nitrogen and oxygen atoms in total. The topological polar surface area (TPSA) is 26.0 Å². The number of halogens is 3. The van der Waals surface area contributed by atoms with E-state index in [2.05, 4.69) is 29.8 Å². The van der Waals surface area contributed by atoms with Crippen LogP contribution in [0.2, 0.25) is 0 Å². The van der Waals surface area contributed by atoms with Crippen LogP contribution in [0.25, 0.3) is 0 Å². The molecule has 2 N–H and O–H groups in total. The van der Waals surface area contributed by atoms with Crippen molar-refractivity contribution in [3.8, 4) is 0 Å². The fraction of sp³-hybridized carbons (Fsp3) is 0.600. The van der Waals surface area contributed by atoms with Crippen LogP contribution < -0.4 is 5.73 Å². The van der Waals surface area contributed by atoms with E-state index in [1.54, 1.807) is 0 Å². The average Bonchev–Trinajstić information content (AvgIpc) is 2.33. The summed E-state index contributed by atoms with van der Waals surface area (Å²) in [5, 5.41) is 0. The summed E-state index contributed by atoms with van der Waals surface area (Å²) < 4.78 is 28.0. The molecule has 0 saturated carbocycles. The zero-order valence-electron chi connectivity index (χ0n) is 11.6. The first-order valence-corrected chi connectivity index (χ1v) is 7.68. The zero-order valence-corrected chi connectivity index (χ0v) is 13.1. The van der Waals surface area contributed by atoms with E-state index in [0.717, 1.165) is 25.7 Å². The van der Waals surface area contributed by atoms with Crippen molar-refractivity contribution in [3.63, 3.8) is 0 Å². The minimum absolute atomic E-state index is 0.0122. The molecule has 0 aromatic heterocycles. The first kappa shape index (κ1) is 16.6. The highest BCUT2D eigenvalue weighted by atomic mass is 79.9. The fourth-order valence-electron chi connectivity index (χ4n) is 2.37. The van der Waals surface area contributed by atoms with Gasteiger partial charge in [0, 0.05) is 16.1 Å². The minimum atomic E-state index is -0.574. The highest BCUT2D eigenvalue weighted by Crippen LogP contribution is 2.29. The van der Waals surface area contributed by atoms with Gasteiger partial charge >= 0.3 is 0 Å². The molecule has 0 spiro atoms. The van der Waals surface area contributed by atoms with E-state index >= 15 is 0 Å². The summed E-state index contributed by atoms with van der Waals surface area (Å²) in [6.07, 6.45) is 4.96. The van der Waals surface area contributed by atoms with Gasteiger partial charge in [0.15, 0.2) is 0 Å². The maximum Gasteiger partial charge on any atom is 0.132 e. The molecule has 19 heavy (non-hydrogen) atoms. The highest BCUT2D eigenvalue weighted by molar-refractivity contribution is 9.10. The first-order chi connectivity index (χ1) is 8.99. The number of nitrogens with two attached hydrogens (primary N) is 1. The van der Waals surface area contributed by atoms with Crippen molar-refractivity contribution in [2.45, 2.75) is 52.0 Å². The quantitative estimate of drug-likeness (QED) is 0.716. The second-order valence-corrected chi connectivity index (χ2v) is 5.96. The van der Waals surface area contributed by atoms with Gasteiger partial charge in [0.05, 0.1) is 0 Å². The lowest BCUT2D eigenvalue weighted by Gasteiger charge is -2.20. The third kappa shape index (κ3) is 4.84. The van der Waals surface area contributed by atoms with Gasteiger partial charge in [-0.3, -0.25) is 0 Å². The Labute approximate surface area is 122 Å². The molecule has 0 radical (unpaired) electrons. The van der Waals surface area contributed by atoms with Crippen LogP contribution >= 0.6 is 15.9 Å². The molecule has 0 aliphatic heterocycles. The van der Waals surface area contributed by atoms with Gasteiger partial charge in [-0.05, 0) is 24.5 Å². The third-order valence-electron chi connectivity index (χ3n) is 3.55. The number of hydrogen-bond donors (Lipinski definition) is 1. The number of rotatable bonds is 7. The van der Waals surface area contributed by atoms with Gasteiger partial charge < -0.3 is 5.73 Å². The Morgan fingerprint density at radius 3 is 2.26 bits per heavy atom. The molecule has 0 amide bonds. The standard InChI is InChI=1S/C15H22BrF2N/c1-3-5-6-10(4-2)7-14(19)15-12(17)8-11(16)9-13(15)18/h8-10,14H,3-7,19H2,1-2H3. The predicted octanol–water partition coefficient (Wildman–Crippen LogP) is 5.33. The van der Waals surface area contributed by atoms with E-state index in [0.29, 0.717) is 16.8 Å². The Balaban J connectivity index is 2.79.